The topological polar surface area (TPSA) is 76.4 Å². The van der Waals surface area contributed by atoms with E-state index in [1.54, 1.807) is 48.5 Å². The highest BCUT2D eigenvalue weighted by Crippen LogP contribution is 2.31. The van der Waals surface area contributed by atoms with Gasteiger partial charge in [-0.05, 0) is 65.6 Å². The van der Waals surface area contributed by atoms with Crippen LogP contribution in [0.1, 0.15) is 12.0 Å². The summed E-state index contributed by atoms with van der Waals surface area (Å²) in [5.74, 6) is -0.958. The van der Waals surface area contributed by atoms with Crippen molar-refractivity contribution in [3.63, 3.8) is 0 Å². The number of aromatic nitrogens is 1. The van der Waals surface area contributed by atoms with Gasteiger partial charge in [-0.15, -0.1) is 0 Å². The summed E-state index contributed by atoms with van der Waals surface area (Å²) in [5.41, 5.74) is 2.57. The number of rotatable bonds is 6. The van der Waals surface area contributed by atoms with E-state index in [2.05, 4.69) is 0 Å². The van der Waals surface area contributed by atoms with E-state index >= 15 is 0 Å². The molecule has 0 bridgehead atoms. The molecule has 1 N–H and O–H groups in total. The predicted molar refractivity (Wildman–Crippen MR) is 122 cm³/mol. The maximum atomic E-state index is 13.5. The van der Waals surface area contributed by atoms with Crippen molar-refractivity contribution < 1.29 is 18.3 Å². The molecule has 0 aliphatic carbocycles. The van der Waals surface area contributed by atoms with E-state index in [0.717, 1.165) is 5.56 Å². The first kappa shape index (κ1) is 21.4. The number of halogens is 2. The van der Waals surface area contributed by atoms with Crippen molar-refractivity contribution in [3.8, 4) is 11.1 Å². The van der Waals surface area contributed by atoms with Crippen LogP contribution >= 0.6 is 23.2 Å². The average molecular weight is 474 g/mol. The first-order chi connectivity index (χ1) is 14.8. The Bertz CT molecular complexity index is 1410. The summed E-state index contributed by atoms with van der Waals surface area (Å²) >= 11 is 12.2. The van der Waals surface area contributed by atoms with Crippen LogP contribution in [-0.2, 0) is 21.2 Å². The van der Waals surface area contributed by atoms with Gasteiger partial charge in [-0.25, -0.2) is 12.4 Å². The lowest BCUT2D eigenvalue weighted by atomic mass is 10.1. The van der Waals surface area contributed by atoms with Gasteiger partial charge in [0.15, 0.2) is 0 Å². The second-order valence-electron chi connectivity index (χ2n) is 7.05. The number of fused-ring (bicyclic) bond motifs is 1. The molecule has 0 saturated carbocycles. The molecule has 0 fully saturated rings. The van der Waals surface area contributed by atoms with Crippen LogP contribution in [0.3, 0.4) is 0 Å². The van der Waals surface area contributed by atoms with Gasteiger partial charge >= 0.3 is 5.97 Å². The Morgan fingerprint density at radius 2 is 1.58 bits per heavy atom. The minimum atomic E-state index is -3.94. The van der Waals surface area contributed by atoms with Gasteiger partial charge in [0.1, 0.15) is 0 Å². The van der Waals surface area contributed by atoms with Gasteiger partial charge in [-0.2, -0.15) is 0 Å². The molecule has 0 radical (unpaired) electrons. The molecular weight excluding hydrogens is 457 g/mol. The van der Waals surface area contributed by atoms with E-state index in [4.69, 9.17) is 28.3 Å². The number of hydrogen-bond acceptors (Lipinski definition) is 3. The van der Waals surface area contributed by atoms with E-state index in [0.29, 0.717) is 32.1 Å². The molecule has 0 unspecified atom stereocenters. The molecule has 8 heteroatoms. The molecular formula is C23H17Cl2NO4S. The molecule has 3 aromatic carbocycles. The molecule has 4 aromatic rings. The van der Waals surface area contributed by atoms with Crippen molar-refractivity contribution in [1.82, 2.24) is 3.97 Å². The molecule has 5 nitrogen and oxygen atoms in total. The lowest BCUT2D eigenvalue weighted by Crippen LogP contribution is -2.12. The minimum Gasteiger partial charge on any atom is -0.481 e. The summed E-state index contributed by atoms with van der Waals surface area (Å²) in [5, 5.41) is 10.7. The Hall–Kier alpha value is -2.80. The number of aliphatic carboxylic acids is 1. The maximum absolute atomic E-state index is 13.5. The van der Waals surface area contributed by atoms with Crippen LogP contribution in [0.25, 0.3) is 22.0 Å². The monoisotopic (exact) mass is 473 g/mol. The molecule has 0 spiro atoms. The maximum Gasteiger partial charge on any atom is 0.303 e. The Morgan fingerprint density at radius 3 is 2.29 bits per heavy atom. The largest absolute Gasteiger partial charge is 0.481 e. The standard InChI is InChI=1S/C23H17Cl2NO4S/c24-18-5-1-3-15(11-18)16-4-2-6-20(12-16)31(29,30)26-14-17(7-10-23(27)28)21-13-19(25)8-9-22(21)26/h1-6,8-9,11-14H,7,10H2,(H,27,28). The lowest BCUT2D eigenvalue weighted by molar-refractivity contribution is -0.136. The van der Waals surface area contributed by atoms with Crippen molar-refractivity contribution >= 4 is 50.1 Å². The number of hydrogen-bond donors (Lipinski definition) is 1. The van der Waals surface area contributed by atoms with Crippen molar-refractivity contribution in [1.29, 1.82) is 0 Å². The number of benzene rings is 3. The summed E-state index contributed by atoms with van der Waals surface area (Å²) in [6.07, 6.45) is 1.55. The second-order valence-corrected chi connectivity index (χ2v) is 9.74. The third-order valence-electron chi connectivity index (χ3n) is 4.97. The lowest BCUT2D eigenvalue weighted by Gasteiger charge is -2.10. The number of nitrogens with zero attached hydrogens (tertiary/aromatic N) is 1. The minimum absolute atomic E-state index is 0.113. The van der Waals surface area contributed by atoms with Crippen LogP contribution in [0.15, 0.2) is 77.8 Å². The van der Waals surface area contributed by atoms with Crippen LogP contribution in [0, 0.1) is 0 Å². The van der Waals surface area contributed by atoms with Crippen LogP contribution < -0.4 is 0 Å². The highest BCUT2D eigenvalue weighted by Gasteiger charge is 2.22. The molecule has 0 aliphatic heterocycles. The fraction of sp³-hybridized carbons (Fsp3) is 0.0870. The molecule has 0 aliphatic rings. The smallest absolute Gasteiger partial charge is 0.303 e. The first-order valence-electron chi connectivity index (χ1n) is 9.38. The Kier molecular flexibility index (Phi) is 5.79. The van der Waals surface area contributed by atoms with Gasteiger partial charge in [-0.3, -0.25) is 4.79 Å². The zero-order valence-corrected chi connectivity index (χ0v) is 18.5. The van der Waals surface area contributed by atoms with Crippen molar-refractivity contribution in [3.05, 3.63) is 88.5 Å². The van der Waals surface area contributed by atoms with Crippen LogP contribution in [0.2, 0.25) is 10.0 Å². The third-order valence-corrected chi connectivity index (χ3v) is 7.11. The quantitative estimate of drug-likeness (QED) is 0.379. The van der Waals surface area contributed by atoms with Crippen molar-refractivity contribution in [2.24, 2.45) is 0 Å². The summed E-state index contributed by atoms with van der Waals surface area (Å²) in [7, 11) is -3.94. The van der Waals surface area contributed by atoms with E-state index in [1.165, 1.54) is 16.2 Å². The number of carboxylic acid groups (broad SMARTS) is 1. The first-order valence-corrected chi connectivity index (χ1v) is 11.6. The number of carboxylic acids is 1. The summed E-state index contributed by atoms with van der Waals surface area (Å²) in [4.78, 5) is 11.1. The van der Waals surface area contributed by atoms with Crippen LogP contribution in [0.4, 0.5) is 0 Å². The van der Waals surface area contributed by atoms with Gasteiger partial charge in [0.05, 0.1) is 10.4 Å². The van der Waals surface area contributed by atoms with Crippen molar-refractivity contribution in [2.75, 3.05) is 0 Å². The zero-order valence-electron chi connectivity index (χ0n) is 16.1. The molecule has 0 saturated heterocycles. The summed E-state index contributed by atoms with van der Waals surface area (Å²) in [6, 6.07) is 18.7. The Morgan fingerprint density at radius 1 is 0.903 bits per heavy atom. The van der Waals surface area contributed by atoms with E-state index in [9.17, 15) is 13.2 Å². The van der Waals surface area contributed by atoms with E-state index in [-0.39, 0.29) is 17.7 Å². The van der Waals surface area contributed by atoms with Gasteiger partial charge in [0, 0.05) is 28.0 Å². The Balaban J connectivity index is 1.84. The highest BCUT2D eigenvalue weighted by atomic mass is 35.5. The summed E-state index contributed by atoms with van der Waals surface area (Å²) in [6.45, 7) is 0. The average Bonchev–Trinajstić information content (AvgIpc) is 3.11. The molecule has 0 atom stereocenters. The second kappa shape index (κ2) is 8.38. The Labute approximate surface area is 189 Å². The van der Waals surface area contributed by atoms with Crippen LogP contribution in [0.5, 0.6) is 0 Å². The number of aryl methyl sites for hydroxylation is 1. The van der Waals surface area contributed by atoms with Gasteiger partial charge in [-0.1, -0.05) is 47.5 Å². The zero-order chi connectivity index (χ0) is 22.2. The van der Waals surface area contributed by atoms with Gasteiger partial charge < -0.3 is 5.11 Å². The summed E-state index contributed by atoms with van der Waals surface area (Å²) < 4.78 is 28.2. The molecule has 0 amide bonds. The fourth-order valence-electron chi connectivity index (χ4n) is 3.50. The molecule has 1 heterocycles. The predicted octanol–water partition coefficient (Wildman–Crippen LogP) is 5.87. The van der Waals surface area contributed by atoms with E-state index < -0.39 is 16.0 Å². The molecule has 158 valence electrons. The SMILES string of the molecule is O=C(O)CCc1cn(S(=O)(=O)c2cccc(-c3cccc(Cl)c3)c2)c2ccc(Cl)cc12. The van der Waals surface area contributed by atoms with Crippen molar-refractivity contribution in [2.45, 2.75) is 17.7 Å². The van der Waals surface area contributed by atoms with E-state index in [1.807, 2.05) is 12.1 Å². The third kappa shape index (κ3) is 4.32. The van der Waals surface area contributed by atoms with Crippen LogP contribution in [-0.4, -0.2) is 23.5 Å². The number of carbonyl (C=O) groups is 1. The van der Waals surface area contributed by atoms with Gasteiger partial charge in [0.25, 0.3) is 10.0 Å². The normalized spacial score (nSPS) is 11.7. The molecule has 4 rings (SSSR count). The highest BCUT2D eigenvalue weighted by molar-refractivity contribution is 7.90. The fourth-order valence-corrected chi connectivity index (χ4v) is 5.30. The van der Waals surface area contributed by atoms with Gasteiger partial charge in [0.2, 0.25) is 0 Å². The molecule has 31 heavy (non-hydrogen) atoms. The molecule has 1 aromatic heterocycles.